The summed E-state index contributed by atoms with van der Waals surface area (Å²) < 4.78 is 47.1. The molecule has 0 bridgehead atoms. The molecule has 8 nitrogen and oxygen atoms in total. The van der Waals surface area contributed by atoms with E-state index in [0.717, 1.165) is 18.5 Å². The minimum absolute atomic E-state index is 0.0389. The number of H-pyrrole nitrogens is 1. The predicted octanol–water partition coefficient (Wildman–Crippen LogP) is 2.59. The van der Waals surface area contributed by atoms with Crippen molar-refractivity contribution in [2.45, 2.75) is 38.8 Å². The Balaban J connectivity index is 1.70. The second kappa shape index (κ2) is 7.08. The van der Waals surface area contributed by atoms with Crippen molar-refractivity contribution in [3.05, 3.63) is 28.7 Å². The van der Waals surface area contributed by atoms with Crippen molar-refractivity contribution < 1.29 is 27.4 Å². The monoisotopic (exact) mass is 373 g/mol. The van der Waals surface area contributed by atoms with Crippen molar-refractivity contribution >= 4 is 11.7 Å². The van der Waals surface area contributed by atoms with E-state index in [9.17, 15) is 18.0 Å². The molecule has 0 aromatic carbocycles. The van der Waals surface area contributed by atoms with Crippen LogP contribution in [0.4, 0.5) is 19.0 Å². The molecule has 3 heterocycles. The Bertz CT molecular complexity index is 793. The number of aromatic nitrogens is 4. The van der Waals surface area contributed by atoms with Crippen molar-refractivity contribution in [1.29, 1.82) is 0 Å². The molecule has 1 atom stereocenters. The molecular weight excluding hydrogens is 355 g/mol. The number of aromatic amines is 1. The fourth-order valence-electron chi connectivity index (χ4n) is 2.85. The van der Waals surface area contributed by atoms with E-state index in [-0.39, 0.29) is 17.5 Å². The maximum atomic E-state index is 12.5. The van der Waals surface area contributed by atoms with Crippen molar-refractivity contribution in [3.8, 4) is 0 Å². The molecule has 2 N–H and O–H groups in total. The van der Waals surface area contributed by atoms with E-state index < -0.39 is 18.9 Å². The van der Waals surface area contributed by atoms with E-state index in [4.69, 9.17) is 4.74 Å². The van der Waals surface area contributed by atoms with E-state index in [2.05, 4.69) is 25.3 Å². The summed E-state index contributed by atoms with van der Waals surface area (Å²) in [5, 5.41) is 13.4. The van der Waals surface area contributed by atoms with Gasteiger partial charge in [-0.05, 0) is 19.8 Å². The summed E-state index contributed by atoms with van der Waals surface area (Å²) in [4.78, 5) is 12.5. The fourth-order valence-corrected chi connectivity index (χ4v) is 2.85. The van der Waals surface area contributed by atoms with Gasteiger partial charge in [0.2, 0.25) is 0 Å². The smallest absolute Gasteiger partial charge is 0.372 e. The van der Waals surface area contributed by atoms with Gasteiger partial charge in [-0.2, -0.15) is 10.2 Å². The quantitative estimate of drug-likeness (QED) is 0.840. The van der Waals surface area contributed by atoms with E-state index >= 15 is 0 Å². The lowest BCUT2D eigenvalue weighted by Gasteiger charge is -2.06. The number of amides is 1. The zero-order valence-corrected chi connectivity index (χ0v) is 14.2. The lowest BCUT2D eigenvalue weighted by molar-refractivity contribution is -0.330. The zero-order valence-electron chi connectivity index (χ0n) is 14.2. The van der Waals surface area contributed by atoms with Crippen LogP contribution in [0.3, 0.4) is 0 Å². The van der Waals surface area contributed by atoms with Crippen molar-refractivity contribution in [2.24, 2.45) is 7.05 Å². The number of carbonyl (C=O) groups is 1. The Labute approximate surface area is 146 Å². The molecule has 1 aliphatic rings. The topological polar surface area (TPSA) is 94.1 Å². The number of alkyl halides is 3. The minimum Gasteiger partial charge on any atom is -0.372 e. The number of anilines is 1. The van der Waals surface area contributed by atoms with Gasteiger partial charge in [0.15, 0.2) is 5.82 Å². The molecule has 1 fully saturated rings. The van der Waals surface area contributed by atoms with Gasteiger partial charge in [-0.25, -0.2) is 0 Å². The molecule has 1 saturated heterocycles. The zero-order chi connectivity index (χ0) is 18.9. The summed E-state index contributed by atoms with van der Waals surface area (Å²) in [6.07, 6.45) is -3.00. The molecule has 1 amide bonds. The highest BCUT2D eigenvalue weighted by atomic mass is 19.4. The molecule has 0 unspecified atom stereocenters. The minimum atomic E-state index is -4.76. The Morgan fingerprint density at radius 2 is 2.31 bits per heavy atom. The normalized spacial score (nSPS) is 17.7. The molecule has 0 radical (unpaired) electrons. The van der Waals surface area contributed by atoms with Crippen LogP contribution in [0.2, 0.25) is 0 Å². The molecule has 0 saturated carbocycles. The highest BCUT2D eigenvalue weighted by Gasteiger charge is 2.30. The van der Waals surface area contributed by atoms with Crippen molar-refractivity contribution in [2.75, 3.05) is 11.9 Å². The third kappa shape index (κ3) is 4.05. The first kappa shape index (κ1) is 18.4. The van der Waals surface area contributed by atoms with Gasteiger partial charge < -0.3 is 10.1 Å². The maximum Gasteiger partial charge on any atom is 0.522 e. The van der Waals surface area contributed by atoms with Crippen LogP contribution in [0, 0.1) is 6.92 Å². The second-order valence-corrected chi connectivity index (χ2v) is 5.94. The molecule has 2 aromatic heterocycles. The first-order valence-electron chi connectivity index (χ1n) is 7.96. The third-order valence-electron chi connectivity index (χ3n) is 4.09. The number of nitrogens with zero attached hydrogens (tertiary/aromatic N) is 3. The molecular formula is C15H18F3N5O3. The maximum absolute atomic E-state index is 12.5. The van der Waals surface area contributed by atoms with Gasteiger partial charge in [-0.1, -0.05) is 0 Å². The average molecular weight is 373 g/mol. The largest absolute Gasteiger partial charge is 0.522 e. The van der Waals surface area contributed by atoms with E-state index in [1.807, 2.05) is 0 Å². The average Bonchev–Trinajstić information content (AvgIpc) is 3.25. The molecule has 3 rings (SSSR count). The number of ether oxygens (including phenoxy) is 2. The van der Waals surface area contributed by atoms with Gasteiger partial charge in [-0.15, -0.1) is 13.2 Å². The van der Waals surface area contributed by atoms with Crippen LogP contribution < -0.4 is 5.32 Å². The van der Waals surface area contributed by atoms with E-state index in [0.29, 0.717) is 18.0 Å². The van der Waals surface area contributed by atoms with Gasteiger partial charge in [0.1, 0.15) is 12.3 Å². The van der Waals surface area contributed by atoms with Crippen LogP contribution >= 0.6 is 0 Å². The summed E-state index contributed by atoms with van der Waals surface area (Å²) >= 11 is 0. The molecule has 26 heavy (non-hydrogen) atoms. The lowest BCUT2D eigenvalue weighted by atomic mass is 10.2. The Kier molecular flexibility index (Phi) is 5.01. The Morgan fingerprint density at radius 1 is 1.54 bits per heavy atom. The summed E-state index contributed by atoms with van der Waals surface area (Å²) in [6, 6.07) is 1.67. The molecule has 142 valence electrons. The fraction of sp³-hybridized carbons (Fsp3) is 0.533. The number of hydrogen-bond acceptors (Lipinski definition) is 5. The van der Waals surface area contributed by atoms with Crippen molar-refractivity contribution in [1.82, 2.24) is 20.0 Å². The summed E-state index contributed by atoms with van der Waals surface area (Å²) in [6.45, 7) is 1.43. The predicted molar refractivity (Wildman–Crippen MR) is 83.3 cm³/mol. The van der Waals surface area contributed by atoms with Gasteiger partial charge >= 0.3 is 6.36 Å². The molecule has 1 aliphatic heterocycles. The van der Waals surface area contributed by atoms with Gasteiger partial charge in [0.05, 0.1) is 17.5 Å². The third-order valence-corrected chi connectivity index (χ3v) is 4.09. The van der Waals surface area contributed by atoms with Gasteiger partial charge in [0, 0.05) is 25.3 Å². The molecule has 0 spiro atoms. The van der Waals surface area contributed by atoms with E-state index in [1.165, 1.54) is 18.7 Å². The first-order valence-corrected chi connectivity index (χ1v) is 7.96. The summed E-state index contributed by atoms with van der Waals surface area (Å²) in [5.41, 5.74) is 1.24. The Hall–Kier alpha value is -2.40. The number of rotatable bonds is 5. The highest BCUT2D eigenvalue weighted by Crippen LogP contribution is 2.28. The summed E-state index contributed by atoms with van der Waals surface area (Å²) in [7, 11) is 1.47. The van der Waals surface area contributed by atoms with Crippen LogP contribution in [0.5, 0.6) is 0 Å². The second-order valence-electron chi connectivity index (χ2n) is 5.94. The van der Waals surface area contributed by atoms with Crippen LogP contribution in [0.25, 0.3) is 0 Å². The van der Waals surface area contributed by atoms with Crippen molar-refractivity contribution in [3.63, 3.8) is 0 Å². The number of aryl methyl sites for hydroxylation is 1. The standard InChI is InChI=1S/C15H18F3N5O3/c1-8-10(7-26-15(16,17)18)22-23(2)13(8)14(24)19-12-6-9(20-21-12)11-4-3-5-25-11/h6,11H,3-5,7H2,1-2H3,(H2,19,20,21,24)/t11-/m0/s1. The number of carbonyl (C=O) groups excluding carboxylic acids is 1. The lowest BCUT2D eigenvalue weighted by Crippen LogP contribution is -2.17. The number of hydrogen-bond donors (Lipinski definition) is 2. The number of halogens is 3. The molecule has 11 heteroatoms. The molecule has 2 aromatic rings. The van der Waals surface area contributed by atoms with Gasteiger partial charge in [-0.3, -0.25) is 19.3 Å². The van der Waals surface area contributed by atoms with Crippen LogP contribution in [-0.4, -0.2) is 38.9 Å². The van der Waals surface area contributed by atoms with Gasteiger partial charge in [0.25, 0.3) is 5.91 Å². The SMILES string of the molecule is Cc1c(COC(F)(F)F)nn(C)c1C(=O)Nc1cc([C@@H]2CCCO2)[nH]n1. The van der Waals surface area contributed by atoms with E-state index in [1.54, 1.807) is 6.07 Å². The highest BCUT2D eigenvalue weighted by molar-refractivity contribution is 6.03. The van der Waals surface area contributed by atoms with Crippen LogP contribution in [0.15, 0.2) is 6.07 Å². The summed E-state index contributed by atoms with van der Waals surface area (Å²) in [5.74, 6) is -0.227. The molecule has 0 aliphatic carbocycles. The van der Waals surface area contributed by atoms with Crippen LogP contribution in [-0.2, 0) is 23.1 Å². The van der Waals surface area contributed by atoms with Crippen LogP contribution in [0.1, 0.15) is 46.4 Å². The Morgan fingerprint density at radius 3 is 2.96 bits per heavy atom. The number of nitrogens with one attached hydrogen (secondary N) is 2. The first-order chi connectivity index (χ1) is 12.2.